The van der Waals surface area contributed by atoms with Crippen LogP contribution in [0.3, 0.4) is 0 Å². The van der Waals surface area contributed by atoms with E-state index in [1.54, 1.807) is 22.3 Å². The van der Waals surface area contributed by atoms with Crippen molar-refractivity contribution < 1.29 is 37.5 Å². The third-order valence-corrected chi connectivity index (χ3v) is 12.1. The summed E-state index contributed by atoms with van der Waals surface area (Å²) in [5, 5.41) is 5.43. The third kappa shape index (κ3) is 8.76. The molecule has 4 N–H and O–H groups in total. The number of nitrogens with zero attached hydrogens (tertiary/aromatic N) is 4. The minimum atomic E-state index is -0.745. The SMILES string of the molecule is COC(=O)N[C@H](C(=O)N1CCC[C@H]1c1nc(-c2ccc(-c3ccc(-c4nc([C@@H]5CCCN5C(=O)[C@@H](NC(=O)OC)C(C)C)[nH]c4-c4ccco4)cc3)cc2)c(-c2ccco2)[nH]1)C(C)C. The topological polar surface area (TPSA) is 201 Å². The fraction of sp³-hybridized carbons (Fsp3) is 0.375. The number of likely N-dealkylation sites (tertiary alicyclic amines) is 2. The quantitative estimate of drug-likeness (QED) is 0.0870. The van der Waals surface area contributed by atoms with Crippen molar-refractivity contribution in [3.63, 3.8) is 0 Å². The van der Waals surface area contributed by atoms with Gasteiger partial charge in [0.05, 0.1) is 50.2 Å². The molecule has 0 radical (unpaired) electrons. The molecule has 2 saturated heterocycles. The van der Waals surface area contributed by atoms with Crippen LogP contribution in [0.15, 0.2) is 94.2 Å². The van der Waals surface area contributed by atoms with E-state index >= 15 is 0 Å². The Hall–Kier alpha value is -7.10. The number of ether oxygens (including phenoxy) is 2. The number of furan rings is 2. The molecular weight excluding hydrogens is 817 g/mol. The monoisotopic (exact) mass is 870 g/mol. The van der Waals surface area contributed by atoms with E-state index < -0.39 is 24.3 Å². The lowest BCUT2D eigenvalue weighted by atomic mass is 9.99. The Balaban J connectivity index is 1.05. The number of H-pyrrole nitrogens is 2. The number of carbonyl (C=O) groups is 4. The van der Waals surface area contributed by atoms with E-state index in [-0.39, 0.29) is 35.7 Å². The summed E-state index contributed by atoms with van der Waals surface area (Å²) >= 11 is 0. The van der Waals surface area contributed by atoms with Crippen LogP contribution in [0.4, 0.5) is 9.59 Å². The van der Waals surface area contributed by atoms with E-state index in [2.05, 4.69) is 20.6 Å². The maximum absolute atomic E-state index is 13.9. The molecule has 0 unspecified atom stereocenters. The van der Waals surface area contributed by atoms with Gasteiger partial charge in [-0.3, -0.25) is 9.59 Å². The Labute approximate surface area is 371 Å². The Morgan fingerprint density at radius 3 is 1.31 bits per heavy atom. The Morgan fingerprint density at radius 1 is 0.609 bits per heavy atom. The molecule has 6 heterocycles. The van der Waals surface area contributed by atoms with Crippen LogP contribution in [0.1, 0.15) is 77.1 Å². The van der Waals surface area contributed by atoms with Gasteiger partial charge in [-0.25, -0.2) is 19.6 Å². The molecule has 2 aliphatic rings. The molecule has 8 rings (SSSR count). The van der Waals surface area contributed by atoms with E-state index in [1.165, 1.54) is 14.2 Å². The van der Waals surface area contributed by atoms with Crippen molar-refractivity contribution in [2.45, 2.75) is 77.5 Å². The summed E-state index contributed by atoms with van der Waals surface area (Å²) in [6, 6.07) is 21.6. The molecule has 6 aromatic rings. The van der Waals surface area contributed by atoms with E-state index in [1.807, 2.05) is 100 Å². The molecule has 2 fully saturated rings. The summed E-state index contributed by atoms with van der Waals surface area (Å²) in [4.78, 5) is 72.8. The standard InChI is InChI=1S/C48H54N8O8/c1-27(2)37(53-47(59)61-5)45(57)55-23-7-11-33(55)43-49-39(41(51-43)35-13-9-25-63-35)31-19-15-29(16-20-31)30-17-21-32(22-18-30)40-42(36-14-10-26-64-36)52-44(50-40)34-12-8-24-56(34)46(58)38(28(3)4)54-48(60)62-6/h9-10,13-22,25-28,33-34,37-38H,7-8,11-12,23-24H2,1-6H3,(H,49,51)(H,50,52)(H,53,59)(H,54,60)/t33-,34-,37-,38-/m0/s1. The zero-order valence-corrected chi connectivity index (χ0v) is 36.8. The van der Waals surface area contributed by atoms with Gasteiger partial charge in [0, 0.05) is 24.2 Å². The van der Waals surface area contributed by atoms with Gasteiger partial charge in [0.25, 0.3) is 0 Å². The van der Waals surface area contributed by atoms with Gasteiger partial charge in [0.2, 0.25) is 11.8 Å². The van der Waals surface area contributed by atoms with Crippen molar-refractivity contribution in [3.8, 4) is 56.6 Å². The number of carbonyl (C=O) groups excluding carboxylic acids is 4. The highest BCUT2D eigenvalue weighted by Gasteiger charge is 2.40. The van der Waals surface area contributed by atoms with Crippen molar-refractivity contribution in [2.75, 3.05) is 27.3 Å². The van der Waals surface area contributed by atoms with Crippen molar-refractivity contribution in [2.24, 2.45) is 11.8 Å². The molecule has 0 spiro atoms. The number of hydrogen-bond donors (Lipinski definition) is 4. The molecule has 4 atom stereocenters. The average Bonchev–Trinajstić information content (AvgIpc) is 4.15. The summed E-state index contributed by atoms with van der Waals surface area (Å²) < 4.78 is 21.3. The molecule has 2 aliphatic heterocycles. The van der Waals surface area contributed by atoms with E-state index in [9.17, 15) is 19.2 Å². The molecule has 16 nitrogen and oxygen atoms in total. The molecule has 0 aliphatic carbocycles. The van der Waals surface area contributed by atoms with Crippen LogP contribution in [0.2, 0.25) is 0 Å². The second kappa shape index (κ2) is 18.7. The van der Waals surface area contributed by atoms with Crippen LogP contribution < -0.4 is 10.6 Å². The summed E-state index contributed by atoms with van der Waals surface area (Å²) in [6.07, 6.45) is 4.94. The average molecular weight is 871 g/mol. The van der Waals surface area contributed by atoms with Crippen molar-refractivity contribution in [3.05, 3.63) is 97.0 Å². The van der Waals surface area contributed by atoms with Crippen LogP contribution in [-0.2, 0) is 19.1 Å². The number of methoxy groups -OCH3 is 2. The number of benzene rings is 2. The van der Waals surface area contributed by atoms with E-state index in [0.717, 1.165) is 35.1 Å². The number of rotatable bonds is 13. The zero-order chi connectivity index (χ0) is 45.1. The zero-order valence-electron chi connectivity index (χ0n) is 36.8. The minimum Gasteiger partial charge on any atom is -0.463 e. The molecule has 16 heteroatoms. The predicted molar refractivity (Wildman–Crippen MR) is 238 cm³/mol. The van der Waals surface area contributed by atoms with Crippen LogP contribution >= 0.6 is 0 Å². The fourth-order valence-electron chi connectivity index (χ4n) is 8.74. The van der Waals surface area contributed by atoms with Gasteiger partial charge in [0.15, 0.2) is 11.5 Å². The van der Waals surface area contributed by atoms with E-state index in [4.69, 9.17) is 28.3 Å². The van der Waals surface area contributed by atoms with Gasteiger partial charge >= 0.3 is 12.2 Å². The number of hydrogen-bond acceptors (Lipinski definition) is 10. The van der Waals surface area contributed by atoms with Crippen LogP contribution in [-0.4, -0.2) is 93.1 Å². The highest BCUT2D eigenvalue weighted by molar-refractivity contribution is 5.88. The highest BCUT2D eigenvalue weighted by atomic mass is 16.5. The molecular formula is C48H54N8O8. The predicted octanol–water partition coefficient (Wildman–Crippen LogP) is 8.74. The van der Waals surface area contributed by atoms with Gasteiger partial charge in [-0.15, -0.1) is 0 Å². The fourth-order valence-corrected chi connectivity index (χ4v) is 8.74. The number of aromatic nitrogens is 4. The molecule has 4 amide bonds. The smallest absolute Gasteiger partial charge is 0.407 e. The van der Waals surface area contributed by atoms with Crippen molar-refractivity contribution >= 4 is 24.0 Å². The van der Waals surface area contributed by atoms with Crippen molar-refractivity contribution in [1.29, 1.82) is 0 Å². The lowest BCUT2D eigenvalue weighted by molar-refractivity contribution is -0.136. The first-order chi connectivity index (χ1) is 30.9. The Bertz CT molecular complexity index is 2380. The van der Waals surface area contributed by atoms with Crippen LogP contribution in [0.25, 0.3) is 56.6 Å². The van der Waals surface area contributed by atoms with Gasteiger partial charge in [-0.2, -0.15) is 0 Å². The molecule has 0 bridgehead atoms. The number of nitrogens with one attached hydrogen (secondary N) is 4. The Kier molecular flexibility index (Phi) is 12.7. The van der Waals surface area contributed by atoms with Gasteiger partial charge in [-0.1, -0.05) is 76.2 Å². The van der Waals surface area contributed by atoms with Crippen molar-refractivity contribution in [1.82, 2.24) is 40.4 Å². The van der Waals surface area contributed by atoms with Crippen LogP contribution in [0, 0.1) is 11.8 Å². The lowest BCUT2D eigenvalue weighted by Crippen LogP contribution is -2.51. The maximum atomic E-state index is 13.9. The summed E-state index contributed by atoms with van der Waals surface area (Å²) in [5.41, 5.74) is 6.52. The molecule has 2 aromatic carbocycles. The highest BCUT2D eigenvalue weighted by Crippen LogP contribution is 2.40. The summed E-state index contributed by atoms with van der Waals surface area (Å²) in [7, 11) is 2.57. The number of imidazole rings is 2. The summed E-state index contributed by atoms with van der Waals surface area (Å²) in [5.74, 6) is 1.86. The maximum Gasteiger partial charge on any atom is 0.407 e. The second-order valence-corrected chi connectivity index (χ2v) is 16.9. The normalized spacial score (nSPS) is 17.2. The first-order valence-electron chi connectivity index (χ1n) is 21.7. The first kappa shape index (κ1) is 43.5. The largest absolute Gasteiger partial charge is 0.463 e. The van der Waals surface area contributed by atoms with Gasteiger partial charge < -0.3 is 48.7 Å². The molecule has 0 saturated carbocycles. The summed E-state index contributed by atoms with van der Waals surface area (Å²) in [6.45, 7) is 8.65. The molecule has 64 heavy (non-hydrogen) atoms. The molecule has 334 valence electrons. The number of amides is 4. The van der Waals surface area contributed by atoms with Crippen LogP contribution in [0.5, 0.6) is 0 Å². The lowest BCUT2D eigenvalue weighted by Gasteiger charge is -2.30. The number of alkyl carbamates (subject to hydrolysis) is 2. The molecule has 4 aromatic heterocycles. The number of aromatic amines is 2. The van der Waals surface area contributed by atoms with Gasteiger partial charge in [-0.05, 0) is 72.9 Å². The minimum absolute atomic E-state index is 0.153. The first-order valence-corrected chi connectivity index (χ1v) is 21.7. The third-order valence-electron chi connectivity index (χ3n) is 12.1. The Morgan fingerprint density at radius 2 is 0.984 bits per heavy atom. The van der Waals surface area contributed by atoms with Gasteiger partial charge in [0.1, 0.15) is 35.1 Å². The second-order valence-electron chi connectivity index (χ2n) is 16.9. The van der Waals surface area contributed by atoms with E-state index in [0.29, 0.717) is 71.9 Å².